The van der Waals surface area contributed by atoms with Crippen molar-refractivity contribution in [1.29, 1.82) is 0 Å². The fourth-order valence-corrected chi connectivity index (χ4v) is 3.17. The van der Waals surface area contributed by atoms with Gasteiger partial charge in [0.1, 0.15) is 0 Å². The molecule has 2 nitrogen and oxygen atoms in total. The molecular weight excluding hydrogens is 260 g/mol. The molecule has 0 heterocycles. The predicted molar refractivity (Wildman–Crippen MR) is 89.1 cm³/mol. The third-order valence-corrected chi connectivity index (χ3v) is 5.12. The number of hydrogen-bond donors (Lipinski definition) is 0. The molecule has 0 saturated carbocycles. The van der Waals surface area contributed by atoms with E-state index in [1.165, 1.54) is 31.9 Å². The molecule has 0 aromatic heterocycles. The molecule has 21 heavy (non-hydrogen) atoms. The van der Waals surface area contributed by atoms with Crippen molar-refractivity contribution in [3.63, 3.8) is 0 Å². The molecule has 2 unspecified atom stereocenters. The van der Waals surface area contributed by atoms with Crippen LogP contribution in [0.4, 0.5) is 0 Å². The summed E-state index contributed by atoms with van der Waals surface area (Å²) in [5.74, 6) is 0.847. The second kappa shape index (κ2) is 7.82. The van der Waals surface area contributed by atoms with Gasteiger partial charge in [-0.3, -0.25) is 4.79 Å². The first-order valence-electron chi connectivity index (χ1n) is 8.18. The van der Waals surface area contributed by atoms with E-state index in [-0.39, 0.29) is 5.97 Å². The Bertz CT molecular complexity index is 411. The zero-order valence-electron chi connectivity index (χ0n) is 14.7. The summed E-state index contributed by atoms with van der Waals surface area (Å²) in [6, 6.07) is 0. The van der Waals surface area contributed by atoms with Crippen LogP contribution in [-0.4, -0.2) is 13.1 Å². The van der Waals surface area contributed by atoms with Crippen molar-refractivity contribution in [2.24, 2.45) is 17.3 Å². The van der Waals surface area contributed by atoms with Crippen molar-refractivity contribution in [3.8, 4) is 0 Å². The molecular formula is C19H32O2. The number of carbonyl (C=O) groups is 1. The number of methoxy groups -OCH3 is 1. The summed E-state index contributed by atoms with van der Waals surface area (Å²) < 4.78 is 4.96. The fourth-order valence-electron chi connectivity index (χ4n) is 3.17. The lowest BCUT2D eigenvalue weighted by Crippen LogP contribution is -2.37. The van der Waals surface area contributed by atoms with Gasteiger partial charge in [0.05, 0.1) is 12.5 Å². The minimum absolute atomic E-state index is 0.0895. The van der Waals surface area contributed by atoms with E-state index in [4.69, 9.17) is 4.74 Å². The van der Waals surface area contributed by atoms with Crippen LogP contribution >= 0.6 is 0 Å². The van der Waals surface area contributed by atoms with Crippen LogP contribution < -0.4 is 0 Å². The highest BCUT2D eigenvalue weighted by atomic mass is 16.5. The van der Waals surface area contributed by atoms with E-state index < -0.39 is 5.41 Å². The lowest BCUT2D eigenvalue weighted by Gasteiger charge is -2.36. The van der Waals surface area contributed by atoms with Gasteiger partial charge < -0.3 is 4.74 Å². The normalized spacial score (nSPS) is 20.5. The second-order valence-corrected chi connectivity index (χ2v) is 7.22. The summed E-state index contributed by atoms with van der Waals surface area (Å²) in [5, 5.41) is 0. The zero-order valence-corrected chi connectivity index (χ0v) is 14.7. The summed E-state index contributed by atoms with van der Waals surface area (Å²) in [6.07, 6.45) is 10.6. The number of esters is 1. The number of rotatable bonds is 6. The number of ether oxygens (including phenoxy) is 1. The van der Waals surface area contributed by atoms with Gasteiger partial charge in [0.15, 0.2) is 0 Å². The minimum atomic E-state index is -0.396. The molecule has 0 aliphatic heterocycles. The van der Waals surface area contributed by atoms with Gasteiger partial charge >= 0.3 is 5.97 Å². The highest BCUT2D eigenvalue weighted by Gasteiger charge is 2.39. The van der Waals surface area contributed by atoms with E-state index >= 15 is 0 Å². The van der Waals surface area contributed by atoms with Crippen LogP contribution in [0.1, 0.15) is 66.7 Å². The third kappa shape index (κ3) is 5.01. The molecule has 1 aliphatic carbocycles. The fraction of sp³-hybridized carbons (Fsp3) is 0.737. The predicted octanol–water partition coefficient (Wildman–Crippen LogP) is 5.29. The van der Waals surface area contributed by atoms with Crippen LogP contribution in [0.5, 0.6) is 0 Å². The van der Waals surface area contributed by atoms with E-state index in [1.807, 2.05) is 13.8 Å². The molecule has 0 radical (unpaired) electrons. The molecule has 2 atom stereocenters. The van der Waals surface area contributed by atoms with Crippen LogP contribution in [0, 0.1) is 17.3 Å². The van der Waals surface area contributed by atoms with Crippen molar-refractivity contribution in [3.05, 3.63) is 23.3 Å². The summed E-state index contributed by atoms with van der Waals surface area (Å²) in [6.45, 7) is 10.5. The van der Waals surface area contributed by atoms with E-state index in [9.17, 15) is 4.79 Å². The van der Waals surface area contributed by atoms with E-state index in [0.717, 1.165) is 12.8 Å². The van der Waals surface area contributed by atoms with Gasteiger partial charge in [-0.15, -0.1) is 0 Å². The van der Waals surface area contributed by atoms with Gasteiger partial charge in [-0.25, -0.2) is 0 Å². The average molecular weight is 292 g/mol. The van der Waals surface area contributed by atoms with E-state index in [0.29, 0.717) is 11.8 Å². The van der Waals surface area contributed by atoms with Crippen molar-refractivity contribution < 1.29 is 9.53 Å². The maximum absolute atomic E-state index is 11.9. The molecule has 0 spiro atoms. The molecule has 0 bridgehead atoms. The maximum Gasteiger partial charge on any atom is 0.311 e. The molecule has 0 saturated heterocycles. The van der Waals surface area contributed by atoms with Crippen molar-refractivity contribution in [1.82, 2.24) is 0 Å². The summed E-state index contributed by atoms with van der Waals surface area (Å²) in [5.41, 5.74) is 2.59. The Morgan fingerprint density at radius 1 is 1.48 bits per heavy atom. The average Bonchev–Trinajstić information content (AvgIpc) is 2.45. The van der Waals surface area contributed by atoms with Crippen LogP contribution in [0.3, 0.4) is 0 Å². The van der Waals surface area contributed by atoms with Crippen LogP contribution in [0.15, 0.2) is 23.3 Å². The Morgan fingerprint density at radius 2 is 2.14 bits per heavy atom. The lowest BCUT2D eigenvalue weighted by atomic mass is 9.68. The van der Waals surface area contributed by atoms with Crippen molar-refractivity contribution >= 4 is 5.97 Å². The Morgan fingerprint density at radius 3 is 2.62 bits per heavy atom. The smallest absolute Gasteiger partial charge is 0.311 e. The molecule has 1 aliphatic rings. The summed E-state index contributed by atoms with van der Waals surface area (Å²) in [7, 11) is 1.49. The van der Waals surface area contributed by atoms with Gasteiger partial charge in [0, 0.05) is 0 Å². The third-order valence-electron chi connectivity index (χ3n) is 5.12. The van der Waals surface area contributed by atoms with Gasteiger partial charge in [-0.2, -0.15) is 0 Å². The first-order valence-corrected chi connectivity index (χ1v) is 8.18. The molecule has 0 aromatic rings. The van der Waals surface area contributed by atoms with Gasteiger partial charge in [0.25, 0.3) is 0 Å². The lowest BCUT2D eigenvalue weighted by molar-refractivity contribution is -0.155. The standard InChI is InChI=1S/C19H32O2/c1-14(2)8-7-9-16-10-12-17(13-11-16)15(3)19(4,5)18(20)21-6/h8,10,15,17H,7,9,11-13H2,1-6H3. The number of hydrogen-bond acceptors (Lipinski definition) is 2. The molecule has 0 N–H and O–H groups in total. The Kier molecular flexibility index (Phi) is 6.70. The first-order chi connectivity index (χ1) is 9.78. The number of allylic oxidation sites excluding steroid dienone is 4. The quantitative estimate of drug-likeness (QED) is 0.491. The first kappa shape index (κ1) is 18.0. The van der Waals surface area contributed by atoms with Crippen molar-refractivity contribution in [2.75, 3.05) is 7.11 Å². The largest absolute Gasteiger partial charge is 0.469 e. The van der Waals surface area contributed by atoms with Gasteiger partial charge in [-0.1, -0.05) is 30.2 Å². The van der Waals surface area contributed by atoms with Crippen LogP contribution in [-0.2, 0) is 9.53 Å². The second-order valence-electron chi connectivity index (χ2n) is 7.22. The summed E-state index contributed by atoms with van der Waals surface area (Å²) in [4.78, 5) is 11.9. The molecule has 120 valence electrons. The summed E-state index contributed by atoms with van der Waals surface area (Å²) >= 11 is 0. The zero-order chi connectivity index (χ0) is 16.0. The Labute approximate surface area is 130 Å². The van der Waals surface area contributed by atoms with Gasteiger partial charge in [0.2, 0.25) is 0 Å². The molecule has 1 rings (SSSR count). The molecule has 0 aromatic carbocycles. The highest BCUT2D eigenvalue weighted by molar-refractivity contribution is 5.76. The van der Waals surface area contributed by atoms with Crippen LogP contribution in [0.2, 0.25) is 0 Å². The van der Waals surface area contributed by atoms with Crippen LogP contribution in [0.25, 0.3) is 0 Å². The Hall–Kier alpha value is -1.05. The van der Waals surface area contributed by atoms with E-state index in [1.54, 1.807) is 5.57 Å². The minimum Gasteiger partial charge on any atom is -0.469 e. The van der Waals surface area contributed by atoms with Crippen molar-refractivity contribution in [2.45, 2.75) is 66.7 Å². The highest BCUT2D eigenvalue weighted by Crippen LogP contribution is 2.40. The molecule has 0 fully saturated rings. The Balaban J connectivity index is 2.57. The van der Waals surface area contributed by atoms with E-state index in [2.05, 4.69) is 32.9 Å². The van der Waals surface area contributed by atoms with Gasteiger partial charge in [-0.05, 0) is 71.6 Å². The maximum atomic E-state index is 11.9. The topological polar surface area (TPSA) is 26.3 Å². The molecule has 0 amide bonds. The monoisotopic (exact) mass is 292 g/mol. The number of carbonyl (C=O) groups excluding carboxylic acids is 1. The molecule has 2 heteroatoms. The SMILES string of the molecule is COC(=O)C(C)(C)C(C)C1CC=C(CCC=C(C)C)CC1.